The quantitative estimate of drug-likeness (QED) is 0.795. The first-order chi connectivity index (χ1) is 9.76. The third kappa shape index (κ3) is 5.34. The van der Waals surface area contributed by atoms with Crippen molar-refractivity contribution in [2.24, 2.45) is 5.92 Å². The summed E-state index contributed by atoms with van der Waals surface area (Å²) in [5.74, 6) is -1.03. The zero-order chi connectivity index (χ0) is 16.0. The van der Waals surface area contributed by atoms with Crippen LogP contribution in [0.4, 0.5) is 0 Å². The summed E-state index contributed by atoms with van der Waals surface area (Å²) in [5, 5.41) is 17.3. The molecule has 0 amide bonds. The highest BCUT2D eigenvalue weighted by Gasteiger charge is 2.19. The lowest BCUT2D eigenvalue weighted by atomic mass is 10.1. The number of hydrogen-bond acceptors (Lipinski definition) is 4. The average molecular weight is 331 g/mol. The summed E-state index contributed by atoms with van der Waals surface area (Å²) in [6, 6.07) is 5.79. The molecule has 0 saturated carbocycles. The van der Waals surface area contributed by atoms with Gasteiger partial charge in [-0.1, -0.05) is 18.5 Å². The number of aliphatic carboxylic acids is 1. The first-order valence-corrected chi connectivity index (χ1v) is 8.03. The van der Waals surface area contributed by atoms with Gasteiger partial charge < -0.3 is 5.11 Å². The van der Waals surface area contributed by atoms with E-state index in [2.05, 4.69) is 4.72 Å². The molecule has 0 aliphatic carbocycles. The Morgan fingerprint density at radius 1 is 1.52 bits per heavy atom. The fraction of sp³-hybridized carbons (Fsp3) is 0.385. The minimum Gasteiger partial charge on any atom is -0.481 e. The number of hydrogen-bond donors (Lipinski definition) is 2. The van der Waals surface area contributed by atoms with Gasteiger partial charge in [0.15, 0.2) is 0 Å². The third-order valence-electron chi connectivity index (χ3n) is 2.82. The predicted octanol–water partition coefficient (Wildman–Crippen LogP) is 1.99. The van der Waals surface area contributed by atoms with Crippen LogP contribution in [0, 0.1) is 17.2 Å². The molecule has 0 radical (unpaired) electrons. The van der Waals surface area contributed by atoms with E-state index in [4.69, 9.17) is 22.0 Å². The van der Waals surface area contributed by atoms with Gasteiger partial charge in [0, 0.05) is 13.0 Å². The van der Waals surface area contributed by atoms with Crippen molar-refractivity contribution in [1.29, 1.82) is 5.26 Å². The Kier molecular flexibility index (Phi) is 6.15. The highest BCUT2D eigenvalue weighted by Crippen LogP contribution is 2.22. The molecule has 0 heterocycles. The van der Waals surface area contributed by atoms with E-state index >= 15 is 0 Å². The molecule has 1 aromatic carbocycles. The Morgan fingerprint density at radius 3 is 2.71 bits per heavy atom. The van der Waals surface area contributed by atoms with E-state index in [0.717, 1.165) is 0 Å². The van der Waals surface area contributed by atoms with Gasteiger partial charge in [0.05, 0.1) is 16.7 Å². The average Bonchev–Trinajstić information content (AvgIpc) is 2.42. The molecule has 114 valence electrons. The third-order valence-corrected chi connectivity index (χ3v) is 4.73. The van der Waals surface area contributed by atoms with Crippen LogP contribution in [-0.2, 0) is 14.8 Å². The molecule has 0 aliphatic rings. The molecule has 21 heavy (non-hydrogen) atoms. The summed E-state index contributed by atoms with van der Waals surface area (Å²) < 4.78 is 26.6. The van der Waals surface area contributed by atoms with Crippen molar-refractivity contribution in [3.05, 3.63) is 28.8 Å². The zero-order valence-electron chi connectivity index (χ0n) is 11.3. The Labute approximate surface area is 128 Å². The minimum atomic E-state index is -3.79. The van der Waals surface area contributed by atoms with Crippen molar-refractivity contribution in [2.45, 2.75) is 24.7 Å². The summed E-state index contributed by atoms with van der Waals surface area (Å²) in [6.07, 6.45) is 0.361. The molecule has 1 unspecified atom stereocenters. The van der Waals surface area contributed by atoms with E-state index in [1.807, 2.05) is 6.07 Å². The van der Waals surface area contributed by atoms with Gasteiger partial charge in [-0.25, -0.2) is 13.1 Å². The van der Waals surface area contributed by atoms with Gasteiger partial charge in [-0.15, -0.1) is 0 Å². The van der Waals surface area contributed by atoms with Crippen LogP contribution in [0.15, 0.2) is 23.1 Å². The minimum absolute atomic E-state index is 0.0134. The van der Waals surface area contributed by atoms with Crippen molar-refractivity contribution in [2.75, 3.05) is 6.54 Å². The van der Waals surface area contributed by atoms with Crippen molar-refractivity contribution in [3.63, 3.8) is 0 Å². The van der Waals surface area contributed by atoms with Gasteiger partial charge in [0.1, 0.15) is 4.90 Å². The largest absolute Gasteiger partial charge is 0.481 e. The molecule has 0 aliphatic heterocycles. The first-order valence-electron chi connectivity index (χ1n) is 6.17. The van der Waals surface area contributed by atoms with Gasteiger partial charge >= 0.3 is 5.97 Å². The topological polar surface area (TPSA) is 107 Å². The van der Waals surface area contributed by atoms with Gasteiger partial charge in [-0.3, -0.25) is 4.79 Å². The molecule has 0 bridgehead atoms. The van der Waals surface area contributed by atoms with Crippen LogP contribution in [-0.4, -0.2) is 26.0 Å². The Morgan fingerprint density at radius 2 is 2.19 bits per heavy atom. The number of carboxylic acid groups (broad SMARTS) is 1. The van der Waals surface area contributed by atoms with Crippen molar-refractivity contribution in [3.8, 4) is 6.07 Å². The number of nitriles is 1. The van der Waals surface area contributed by atoms with E-state index in [1.165, 1.54) is 18.2 Å². The van der Waals surface area contributed by atoms with Crippen LogP contribution < -0.4 is 4.72 Å². The molecule has 0 aromatic heterocycles. The van der Waals surface area contributed by atoms with Gasteiger partial charge in [0.2, 0.25) is 10.0 Å². The Balaban J connectivity index is 2.74. The number of rotatable bonds is 7. The maximum absolute atomic E-state index is 12.1. The smallest absolute Gasteiger partial charge is 0.303 e. The summed E-state index contributed by atoms with van der Waals surface area (Å²) in [6.45, 7) is 1.87. The number of halogens is 1. The fourth-order valence-electron chi connectivity index (χ4n) is 1.59. The molecule has 8 heteroatoms. The van der Waals surface area contributed by atoms with E-state index in [1.54, 1.807) is 6.92 Å². The predicted molar refractivity (Wildman–Crippen MR) is 77.4 cm³/mol. The van der Waals surface area contributed by atoms with Crippen LogP contribution in [0.1, 0.15) is 25.3 Å². The van der Waals surface area contributed by atoms with Crippen molar-refractivity contribution < 1.29 is 18.3 Å². The number of carbonyl (C=O) groups is 1. The molecule has 0 spiro atoms. The van der Waals surface area contributed by atoms with Crippen LogP contribution >= 0.6 is 11.6 Å². The van der Waals surface area contributed by atoms with Crippen LogP contribution in [0.5, 0.6) is 0 Å². The SMILES string of the molecule is CC(CCC(=O)O)CNS(=O)(=O)c1ccc(C#N)cc1Cl. The second kappa shape index (κ2) is 7.41. The number of carboxylic acids is 1. The van der Waals surface area contributed by atoms with E-state index in [-0.39, 0.29) is 34.4 Å². The van der Waals surface area contributed by atoms with Crippen LogP contribution in [0.3, 0.4) is 0 Å². The molecule has 1 rings (SSSR count). The highest BCUT2D eigenvalue weighted by atomic mass is 35.5. The van der Waals surface area contributed by atoms with Crippen LogP contribution in [0.25, 0.3) is 0 Å². The summed E-state index contributed by atoms with van der Waals surface area (Å²) in [4.78, 5) is 10.3. The second-order valence-electron chi connectivity index (χ2n) is 4.65. The normalized spacial score (nSPS) is 12.6. The molecular weight excluding hydrogens is 316 g/mol. The van der Waals surface area contributed by atoms with Crippen molar-refractivity contribution in [1.82, 2.24) is 4.72 Å². The standard InChI is InChI=1S/C13H15ClN2O4S/c1-9(2-5-13(17)18)8-16-21(19,20)12-4-3-10(7-15)6-11(12)14/h3-4,6,9,16H,2,5,8H2,1H3,(H,17,18). The van der Waals surface area contributed by atoms with Gasteiger partial charge in [-0.05, 0) is 30.5 Å². The lowest BCUT2D eigenvalue weighted by Crippen LogP contribution is -2.29. The summed E-state index contributed by atoms with van der Waals surface area (Å²) >= 11 is 5.86. The zero-order valence-corrected chi connectivity index (χ0v) is 12.9. The molecule has 0 saturated heterocycles. The number of sulfonamides is 1. The lowest BCUT2D eigenvalue weighted by Gasteiger charge is -2.12. The Bertz CT molecular complexity index is 667. The molecule has 2 N–H and O–H groups in total. The number of nitrogens with one attached hydrogen (secondary N) is 1. The van der Waals surface area contributed by atoms with E-state index in [0.29, 0.717) is 6.42 Å². The van der Waals surface area contributed by atoms with Crippen LogP contribution in [0.2, 0.25) is 5.02 Å². The van der Waals surface area contributed by atoms with E-state index < -0.39 is 16.0 Å². The van der Waals surface area contributed by atoms with E-state index in [9.17, 15) is 13.2 Å². The number of nitrogens with zero attached hydrogens (tertiary/aromatic N) is 1. The monoisotopic (exact) mass is 330 g/mol. The second-order valence-corrected chi connectivity index (χ2v) is 6.79. The Hall–Kier alpha value is -1.62. The molecule has 1 aromatic rings. The first kappa shape index (κ1) is 17.4. The number of benzene rings is 1. The lowest BCUT2D eigenvalue weighted by molar-refractivity contribution is -0.137. The molecule has 6 nitrogen and oxygen atoms in total. The maximum Gasteiger partial charge on any atom is 0.303 e. The summed E-state index contributed by atoms with van der Waals surface area (Å²) in [7, 11) is -3.79. The van der Waals surface area contributed by atoms with Gasteiger partial charge in [0.25, 0.3) is 0 Å². The molecule has 0 fully saturated rings. The molecular formula is C13H15ClN2O4S. The maximum atomic E-state index is 12.1. The fourth-order valence-corrected chi connectivity index (χ4v) is 3.30. The molecule has 1 atom stereocenters. The van der Waals surface area contributed by atoms with Gasteiger partial charge in [-0.2, -0.15) is 5.26 Å². The summed E-state index contributed by atoms with van der Waals surface area (Å²) in [5.41, 5.74) is 0.272. The van der Waals surface area contributed by atoms with Crippen molar-refractivity contribution >= 4 is 27.6 Å². The highest BCUT2D eigenvalue weighted by molar-refractivity contribution is 7.89.